The molecule has 0 fully saturated rings. The summed E-state index contributed by atoms with van der Waals surface area (Å²) in [6.45, 7) is -0.440. The highest BCUT2D eigenvalue weighted by atomic mass is 35.5. The predicted octanol–water partition coefficient (Wildman–Crippen LogP) is 0.937. The molecule has 104 valence electrons. The quantitative estimate of drug-likeness (QED) is 0.397. The van der Waals surface area contributed by atoms with Gasteiger partial charge in [-0.25, -0.2) is 0 Å². The average Bonchev–Trinajstić information content (AvgIpc) is 2.15. The van der Waals surface area contributed by atoms with Gasteiger partial charge in [0.25, 0.3) is 0 Å². The lowest BCUT2D eigenvalue weighted by Gasteiger charge is -1.88. The summed E-state index contributed by atoms with van der Waals surface area (Å²) in [4.78, 5) is 38.0. The van der Waals surface area contributed by atoms with E-state index in [0.717, 1.165) is 0 Å². The van der Waals surface area contributed by atoms with Gasteiger partial charge in [-0.15, -0.1) is 0 Å². The van der Waals surface area contributed by atoms with Crippen molar-refractivity contribution in [2.24, 2.45) is 0 Å². The van der Waals surface area contributed by atoms with Gasteiger partial charge in [0.05, 0.1) is 6.42 Å². The Kier molecular flexibility index (Phi) is 12.1. The van der Waals surface area contributed by atoms with Gasteiger partial charge < -0.3 is 5.11 Å². The lowest BCUT2D eigenvalue weighted by Crippen LogP contribution is -2.03. The van der Waals surface area contributed by atoms with E-state index in [9.17, 15) is 29.8 Å². The lowest BCUT2D eigenvalue weighted by molar-refractivity contribution is -0.480. The number of nitrogens with zero attached hydrogens (tertiary/aromatic N) is 2. The highest BCUT2D eigenvalue weighted by Gasteiger charge is 2.00. The van der Waals surface area contributed by atoms with Crippen LogP contribution in [0.1, 0.15) is 25.7 Å². The Morgan fingerprint density at radius 3 is 1.67 bits per heavy atom. The first-order valence-electron chi connectivity index (χ1n) is 4.89. The molecular weight excluding hydrogens is 272 g/mol. The number of halogens is 1. The van der Waals surface area contributed by atoms with Gasteiger partial charge in [-0.2, -0.15) is 0 Å². The Hall–Kier alpha value is -1.77. The molecule has 0 spiro atoms. The number of nitro groups is 2. The third-order valence-electron chi connectivity index (χ3n) is 1.45. The van der Waals surface area contributed by atoms with Crippen molar-refractivity contribution in [3.63, 3.8) is 0 Å². The molecule has 0 atom stereocenters. The van der Waals surface area contributed by atoms with Crippen LogP contribution in [0.15, 0.2) is 0 Å². The van der Waals surface area contributed by atoms with E-state index in [-0.39, 0.29) is 38.8 Å². The van der Waals surface area contributed by atoms with E-state index in [1.807, 2.05) is 0 Å². The van der Waals surface area contributed by atoms with Crippen molar-refractivity contribution in [2.45, 2.75) is 25.7 Å². The first-order valence-corrected chi connectivity index (χ1v) is 5.27. The molecule has 0 aromatic carbocycles. The molecule has 9 nitrogen and oxygen atoms in total. The van der Waals surface area contributed by atoms with E-state index < -0.39 is 21.1 Å². The minimum Gasteiger partial charge on any atom is -0.481 e. The van der Waals surface area contributed by atoms with Gasteiger partial charge in [0.2, 0.25) is 18.3 Å². The van der Waals surface area contributed by atoms with Gasteiger partial charge in [0, 0.05) is 29.1 Å². The second kappa shape index (κ2) is 11.7. The molecular formula is C8H13ClN2O7. The summed E-state index contributed by atoms with van der Waals surface area (Å²) >= 11 is 4.90. The topological polar surface area (TPSA) is 141 Å². The molecule has 0 aliphatic carbocycles. The van der Waals surface area contributed by atoms with E-state index in [2.05, 4.69) is 0 Å². The highest BCUT2D eigenvalue weighted by molar-refractivity contribution is 6.63. The Bertz CT molecular complexity index is 250. The number of carboxylic acid groups (broad SMARTS) is 1. The van der Waals surface area contributed by atoms with Crippen molar-refractivity contribution in [1.82, 2.24) is 0 Å². The van der Waals surface area contributed by atoms with Crippen molar-refractivity contribution >= 4 is 22.8 Å². The van der Waals surface area contributed by atoms with Crippen LogP contribution in [0.4, 0.5) is 0 Å². The number of carbonyl (C=O) groups is 2. The molecule has 1 N–H and O–H groups in total. The summed E-state index contributed by atoms with van der Waals surface area (Å²) in [5.74, 6) is -0.989. The molecule has 18 heavy (non-hydrogen) atoms. The fourth-order valence-corrected chi connectivity index (χ4v) is 0.840. The van der Waals surface area contributed by atoms with E-state index >= 15 is 0 Å². The average molecular weight is 285 g/mol. The van der Waals surface area contributed by atoms with Gasteiger partial charge in [-0.05, 0) is 11.6 Å². The Balaban J connectivity index is 0. The largest absolute Gasteiger partial charge is 0.481 e. The molecule has 0 heterocycles. The number of rotatable bonds is 8. The first-order chi connectivity index (χ1) is 8.25. The van der Waals surface area contributed by atoms with Crippen LogP contribution in [0.5, 0.6) is 0 Å². The summed E-state index contributed by atoms with van der Waals surface area (Å²) in [5.41, 5.74) is 0. The summed E-state index contributed by atoms with van der Waals surface area (Å²) in [5, 5.41) is 26.7. The van der Waals surface area contributed by atoms with Crippen LogP contribution in [0.3, 0.4) is 0 Å². The molecule has 0 radical (unpaired) electrons. The molecule has 0 saturated heterocycles. The van der Waals surface area contributed by atoms with Crippen molar-refractivity contribution in [3.8, 4) is 0 Å². The molecule has 0 bridgehead atoms. The zero-order chi connectivity index (χ0) is 14.6. The van der Waals surface area contributed by atoms with Gasteiger partial charge >= 0.3 is 5.97 Å². The number of aliphatic carboxylic acids is 1. The van der Waals surface area contributed by atoms with Crippen LogP contribution in [-0.2, 0) is 9.59 Å². The van der Waals surface area contributed by atoms with Crippen LogP contribution in [0, 0.1) is 20.2 Å². The number of hydrogen-bond donors (Lipinski definition) is 1. The van der Waals surface area contributed by atoms with Crippen LogP contribution < -0.4 is 0 Å². The van der Waals surface area contributed by atoms with E-state index in [4.69, 9.17) is 16.7 Å². The maximum Gasteiger partial charge on any atom is 0.303 e. The zero-order valence-electron chi connectivity index (χ0n) is 9.41. The number of carboxylic acids is 1. The second-order valence-corrected chi connectivity index (χ2v) is 3.49. The van der Waals surface area contributed by atoms with Gasteiger partial charge in [0.15, 0.2) is 0 Å². The van der Waals surface area contributed by atoms with E-state index in [1.165, 1.54) is 0 Å². The monoisotopic (exact) mass is 284 g/mol. The molecule has 0 aromatic rings. The fourth-order valence-electron chi connectivity index (χ4n) is 0.707. The summed E-state index contributed by atoms with van der Waals surface area (Å²) in [7, 11) is 0. The number of hydrogen-bond acceptors (Lipinski definition) is 6. The molecule has 0 rings (SSSR count). The van der Waals surface area contributed by atoms with Crippen molar-refractivity contribution in [1.29, 1.82) is 0 Å². The minimum atomic E-state index is -0.989. The van der Waals surface area contributed by atoms with Crippen LogP contribution in [0.2, 0.25) is 0 Å². The predicted molar refractivity (Wildman–Crippen MR) is 60.7 cm³/mol. The van der Waals surface area contributed by atoms with Crippen molar-refractivity contribution in [2.75, 3.05) is 13.1 Å². The number of carbonyl (C=O) groups excluding carboxylic acids is 1. The van der Waals surface area contributed by atoms with E-state index in [0.29, 0.717) is 0 Å². The zero-order valence-corrected chi connectivity index (χ0v) is 10.2. The first kappa shape index (κ1) is 18.6. The molecule has 0 aliphatic heterocycles. The van der Waals surface area contributed by atoms with Crippen LogP contribution >= 0.6 is 11.6 Å². The highest BCUT2D eigenvalue weighted by Crippen LogP contribution is 1.93. The van der Waals surface area contributed by atoms with Crippen LogP contribution in [0.25, 0.3) is 0 Å². The van der Waals surface area contributed by atoms with Crippen molar-refractivity contribution < 1.29 is 24.5 Å². The van der Waals surface area contributed by atoms with Crippen molar-refractivity contribution in [3.05, 3.63) is 20.2 Å². The molecule has 0 amide bonds. The Labute approximate surface area is 107 Å². The second-order valence-electron chi connectivity index (χ2n) is 3.07. The third kappa shape index (κ3) is 23.8. The normalized spacial score (nSPS) is 8.94. The summed E-state index contributed by atoms with van der Waals surface area (Å²) < 4.78 is 0. The van der Waals surface area contributed by atoms with Crippen LogP contribution in [-0.4, -0.2) is 39.3 Å². The summed E-state index contributed by atoms with van der Waals surface area (Å²) in [6, 6.07) is 0. The molecule has 0 unspecified atom stereocenters. The van der Waals surface area contributed by atoms with Gasteiger partial charge in [0.1, 0.15) is 0 Å². The maximum absolute atomic E-state index is 9.97. The Morgan fingerprint density at radius 1 is 1.00 bits per heavy atom. The SMILES string of the molecule is O=C(Cl)CCC[N+](=O)[O-].O=C(O)CCC[N+](=O)[O-]. The fraction of sp³-hybridized carbons (Fsp3) is 0.750. The minimum absolute atomic E-state index is 0.0858. The van der Waals surface area contributed by atoms with Gasteiger partial charge in [-0.1, -0.05) is 0 Å². The smallest absolute Gasteiger partial charge is 0.303 e. The molecule has 0 saturated carbocycles. The van der Waals surface area contributed by atoms with Gasteiger partial charge in [-0.3, -0.25) is 29.8 Å². The Morgan fingerprint density at radius 2 is 1.39 bits per heavy atom. The lowest BCUT2D eigenvalue weighted by atomic mass is 10.3. The standard InChI is InChI=1S/C4H6ClNO3.C4H7NO4/c5-4(7)2-1-3-6(8)9;6-4(7)2-1-3-5(8)9/h1-3H2;1-3H2,(H,6,7). The third-order valence-corrected chi connectivity index (χ3v) is 1.63. The molecule has 0 aromatic heterocycles. The summed E-state index contributed by atoms with van der Waals surface area (Å²) in [6.07, 6.45) is 0.307. The maximum atomic E-state index is 9.97. The molecule has 0 aliphatic rings. The van der Waals surface area contributed by atoms with E-state index in [1.54, 1.807) is 0 Å². The molecule has 10 heteroatoms.